The van der Waals surface area contributed by atoms with Crippen LogP contribution in [-0.4, -0.2) is 42.1 Å². The Hall–Kier alpha value is -1.95. The van der Waals surface area contributed by atoms with Crippen LogP contribution in [0.2, 0.25) is 0 Å². The predicted molar refractivity (Wildman–Crippen MR) is 206 cm³/mol. The molecule has 0 spiro atoms. The molecule has 0 aliphatic carbocycles. The topological polar surface area (TPSA) is 89.9 Å². The number of hydrogen-bond donors (Lipinski definition) is 1. The summed E-state index contributed by atoms with van der Waals surface area (Å²) in [5.41, 5.74) is 0. The number of carbonyl (C=O) groups is 3. The molecular weight excluding hydrogens is 612 g/mol. The van der Waals surface area contributed by atoms with E-state index in [0.717, 1.165) is 77.0 Å². The highest BCUT2D eigenvalue weighted by Gasteiger charge is 2.16. The van der Waals surface area contributed by atoms with E-state index >= 15 is 0 Å². The lowest BCUT2D eigenvalue weighted by Gasteiger charge is -2.15. The lowest BCUT2D eigenvalue weighted by atomic mass is 10.0. The van der Waals surface area contributed by atoms with Gasteiger partial charge in [-0.2, -0.15) is 0 Å². The predicted octanol–water partition coefficient (Wildman–Crippen LogP) is 12.2. The molecule has 0 unspecified atom stereocenters. The zero-order valence-electron chi connectivity index (χ0n) is 32.2. The first kappa shape index (κ1) is 47.0. The van der Waals surface area contributed by atoms with Gasteiger partial charge in [0.1, 0.15) is 6.61 Å². The van der Waals surface area contributed by atoms with E-state index in [1.165, 1.54) is 103 Å². The molecule has 0 aromatic carbocycles. The molecule has 0 saturated heterocycles. The summed E-state index contributed by atoms with van der Waals surface area (Å²) < 4.78 is 10.6. The zero-order valence-corrected chi connectivity index (χ0v) is 32.2. The van der Waals surface area contributed by atoms with Crippen LogP contribution in [0.15, 0.2) is 24.3 Å². The minimum absolute atomic E-state index is 0.0874. The van der Waals surface area contributed by atoms with Crippen LogP contribution in [-0.2, 0) is 23.9 Å². The number of ketones is 1. The molecule has 0 aliphatic rings. The molecule has 0 bridgehead atoms. The van der Waals surface area contributed by atoms with Crippen molar-refractivity contribution in [3.63, 3.8) is 0 Å². The fourth-order valence-electron chi connectivity index (χ4n) is 6.01. The number of esters is 2. The van der Waals surface area contributed by atoms with E-state index in [4.69, 9.17) is 9.47 Å². The lowest BCUT2D eigenvalue weighted by Crippen LogP contribution is -2.28. The maximum atomic E-state index is 12.2. The second-order valence-electron chi connectivity index (χ2n) is 14.1. The molecule has 0 radical (unpaired) electrons. The van der Waals surface area contributed by atoms with Gasteiger partial charge in [-0.3, -0.25) is 14.4 Å². The first-order valence-electron chi connectivity index (χ1n) is 20.8. The van der Waals surface area contributed by atoms with Crippen LogP contribution in [0, 0.1) is 0 Å². The average molecular weight is 691 g/mol. The van der Waals surface area contributed by atoms with Gasteiger partial charge in [0.05, 0.1) is 6.61 Å². The van der Waals surface area contributed by atoms with E-state index in [0.29, 0.717) is 19.3 Å². The smallest absolute Gasteiger partial charge is 0.306 e. The molecule has 0 aliphatic heterocycles. The van der Waals surface area contributed by atoms with E-state index in [2.05, 4.69) is 19.9 Å². The Kier molecular flexibility index (Phi) is 37.3. The van der Waals surface area contributed by atoms with Crippen molar-refractivity contribution in [3.05, 3.63) is 24.3 Å². The number of aliphatic hydroxyl groups is 1. The molecular formula is C43H78O6. The van der Waals surface area contributed by atoms with Gasteiger partial charge in [0.2, 0.25) is 0 Å². The molecule has 6 nitrogen and oxygen atoms in total. The third-order valence-corrected chi connectivity index (χ3v) is 9.22. The minimum atomic E-state index is -0.797. The summed E-state index contributed by atoms with van der Waals surface area (Å²) >= 11 is 0. The SMILES string of the molecule is CCCCCCCCCCCCCCCCCCCCCC(=O)OC[C@H](CO)OC(=O)CCCCCCC/C=C\C=C\C(=O)CCCCC. The highest BCUT2D eigenvalue weighted by atomic mass is 16.6. The summed E-state index contributed by atoms with van der Waals surface area (Å²) in [4.78, 5) is 36.0. The van der Waals surface area contributed by atoms with Crippen LogP contribution in [0.1, 0.15) is 213 Å². The third-order valence-electron chi connectivity index (χ3n) is 9.22. The Morgan fingerprint density at radius 2 is 0.918 bits per heavy atom. The van der Waals surface area contributed by atoms with E-state index in [-0.39, 0.29) is 30.9 Å². The van der Waals surface area contributed by atoms with Crippen LogP contribution in [0.5, 0.6) is 0 Å². The summed E-state index contributed by atoms with van der Waals surface area (Å²) in [6.07, 6.45) is 42.2. The molecule has 0 aromatic heterocycles. The number of ether oxygens (including phenoxy) is 2. The highest BCUT2D eigenvalue weighted by Crippen LogP contribution is 2.15. The Morgan fingerprint density at radius 1 is 0.510 bits per heavy atom. The Bertz CT molecular complexity index is 804. The summed E-state index contributed by atoms with van der Waals surface area (Å²) in [7, 11) is 0. The summed E-state index contributed by atoms with van der Waals surface area (Å²) in [6.45, 7) is 3.97. The van der Waals surface area contributed by atoms with Crippen molar-refractivity contribution >= 4 is 17.7 Å². The van der Waals surface area contributed by atoms with Crippen molar-refractivity contribution < 1.29 is 29.0 Å². The fraction of sp³-hybridized carbons (Fsp3) is 0.837. The normalized spacial score (nSPS) is 12.2. The standard InChI is InChI=1S/C43H78O6/c1-3-5-7-8-9-10-11-12-13-14-15-16-17-18-19-22-25-28-32-36-42(46)48-39-41(38-44)49-43(47)37-33-29-26-23-20-21-24-27-31-35-40(45)34-30-6-4-2/h24,27,31,35,41,44H,3-23,25-26,28-30,32-34,36-39H2,1-2H3/b27-24-,35-31+/t41-/m0/s1. The van der Waals surface area contributed by atoms with Crippen molar-refractivity contribution in [3.8, 4) is 0 Å². The van der Waals surface area contributed by atoms with Gasteiger partial charge in [0, 0.05) is 19.3 Å². The largest absolute Gasteiger partial charge is 0.462 e. The van der Waals surface area contributed by atoms with Crippen LogP contribution in [0.25, 0.3) is 0 Å². The van der Waals surface area contributed by atoms with Gasteiger partial charge in [-0.25, -0.2) is 0 Å². The number of carbonyl (C=O) groups excluding carboxylic acids is 3. The number of rotatable bonds is 38. The third kappa shape index (κ3) is 37.1. The maximum absolute atomic E-state index is 12.2. The molecule has 286 valence electrons. The lowest BCUT2D eigenvalue weighted by molar-refractivity contribution is -0.161. The molecule has 0 saturated carbocycles. The summed E-state index contributed by atoms with van der Waals surface area (Å²) in [5.74, 6) is -0.444. The summed E-state index contributed by atoms with van der Waals surface area (Å²) in [6, 6.07) is 0. The maximum Gasteiger partial charge on any atom is 0.306 e. The van der Waals surface area contributed by atoms with Crippen LogP contribution in [0.3, 0.4) is 0 Å². The van der Waals surface area contributed by atoms with Crippen molar-refractivity contribution in [1.82, 2.24) is 0 Å². The second kappa shape index (κ2) is 38.8. The van der Waals surface area contributed by atoms with Crippen molar-refractivity contribution in [2.24, 2.45) is 0 Å². The van der Waals surface area contributed by atoms with Gasteiger partial charge in [-0.15, -0.1) is 0 Å². The molecule has 1 atom stereocenters. The van der Waals surface area contributed by atoms with Crippen LogP contribution in [0.4, 0.5) is 0 Å². The minimum Gasteiger partial charge on any atom is -0.462 e. The van der Waals surface area contributed by atoms with Crippen molar-refractivity contribution in [2.75, 3.05) is 13.2 Å². The fourth-order valence-corrected chi connectivity index (χ4v) is 6.01. The molecule has 0 amide bonds. The first-order valence-corrected chi connectivity index (χ1v) is 20.8. The Balaban J connectivity index is 3.56. The van der Waals surface area contributed by atoms with Gasteiger partial charge < -0.3 is 14.6 Å². The first-order chi connectivity index (χ1) is 24.0. The van der Waals surface area contributed by atoms with Gasteiger partial charge >= 0.3 is 11.9 Å². The molecule has 6 heteroatoms. The molecule has 0 aromatic rings. The van der Waals surface area contributed by atoms with E-state index < -0.39 is 6.10 Å². The van der Waals surface area contributed by atoms with Gasteiger partial charge in [-0.05, 0) is 38.2 Å². The number of allylic oxidation sites excluding steroid dienone is 4. The molecule has 0 heterocycles. The van der Waals surface area contributed by atoms with Crippen molar-refractivity contribution in [2.45, 2.75) is 219 Å². The number of aliphatic hydroxyl groups excluding tert-OH is 1. The monoisotopic (exact) mass is 691 g/mol. The quantitative estimate of drug-likeness (QED) is 0.0300. The van der Waals surface area contributed by atoms with E-state index in [1.54, 1.807) is 6.08 Å². The Morgan fingerprint density at radius 3 is 1.41 bits per heavy atom. The zero-order chi connectivity index (χ0) is 35.9. The van der Waals surface area contributed by atoms with Gasteiger partial charge in [0.15, 0.2) is 11.9 Å². The average Bonchev–Trinajstić information content (AvgIpc) is 3.10. The highest BCUT2D eigenvalue weighted by molar-refractivity contribution is 5.89. The summed E-state index contributed by atoms with van der Waals surface area (Å²) in [5, 5.41) is 9.55. The van der Waals surface area contributed by atoms with Gasteiger partial charge in [-0.1, -0.05) is 180 Å². The molecule has 0 rings (SSSR count). The molecule has 0 fully saturated rings. The van der Waals surface area contributed by atoms with Crippen molar-refractivity contribution in [1.29, 1.82) is 0 Å². The van der Waals surface area contributed by atoms with Gasteiger partial charge in [0.25, 0.3) is 0 Å². The second-order valence-corrected chi connectivity index (χ2v) is 14.1. The Labute approximate surface area is 302 Å². The van der Waals surface area contributed by atoms with E-state index in [9.17, 15) is 19.5 Å². The van der Waals surface area contributed by atoms with Crippen LogP contribution >= 0.6 is 0 Å². The number of hydrogen-bond acceptors (Lipinski definition) is 6. The molecule has 49 heavy (non-hydrogen) atoms. The number of unbranched alkanes of at least 4 members (excludes halogenated alkanes) is 25. The van der Waals surface area contributed by atoms with Crippen LogP contribution < -0.4 is 0 Å². The van der Waals surface area contributed by atoms with E-state index in [1.807, 2.05) is 12.2 Å². The molecule has 1 N–H and O–H groups in total.